The summed E-state index contributed by atoms with van der Waals surface area (Å²) in [5.41, 5.74) is 1.55. The summed E-state index contributed by atoms with van der Waals surface area (Å²) in [6, 6.07) is 7.00. The fourth-order valence-electron chi connectivity index (χ4n) is 1.16. The minimum Gasteiger partial charge on any atom is -0.481 e. The molecule has 0 bridgehead atoms. The molecule has 92 valence electrons. The van der Waals surface area contributed by atoms with E-state index in [1.54, 1.807) is 24.3 Å². The Morgan fingerprint density at radius 3 is 2.24 bits per heavy atom. The molecule has 0 atom stereocenters. The van der Waals surface area contributed by atoms with Crippen molar-refractivity contribution >= 4 is 46.5 Å². The van der Waals surface area contributed by atoms with E-state index in [0.717, 1.165) is 11.3 Å². The summed E-state index contributed by atoms with van der Waals surface area (Å²) >= 11 is 16.7. The van der Waals surface area contributed by atoms with Gasteiger partial charge in [0.1, 0.15) is 4.49 Å². The van der Waals surface area contributed by atoms with Crippen molar-refractivity contribution in [2.24, 2.45) is 0 Å². The number of aliphatic carboxylic acids is 1. The number of carbonyl (C=O) groups is 1. The highest BCUT2D eigenvalue weighted by Gasteiger charge is 2.01. The lowest BCUT2D eigenvalue weighted by Crippen LogP contribution is -2.03. The van der Waals surface area contributed by atoms with Crippen LogP contribution in [0.1, 0.15) is 5.56 Å². The second-order valence-corrected chi connectivity index (χ2v) is 4.69. The van der Waals surface area contributed by atoms with E-state index >= 15 is 0 Å². The van der Waals surface area contributed by atoms with Gasteiger partial charge in [0.15, 0.2) is 0 Å². The van der Waals surface area contributed by atoms with Crippen molar-refractivity contribution < 1.29 is 9.90 Å². The average Bonchev–Trinajstić information content (AvgIpc) is 2.26. The monoisotopic (exact) mass is 293 g/mol. The molecule has 1 rings (SSSR count). The van der Waals surface area contributed by atoms with Gasteiger partial charge in [0, 0.05) is 5.69 Å². The van der Waals surface area contributed by atoms with Gasteiger partial charge in [0.25, 0.3) is 0 Å². The van der Waals surface area contributed by atoms with E-state index in [-0.39, 0.29) is 10.9 Å². The van der Waals surface area contributed by atoms with Gasteiger partial charge in [-0.15, -0.1) is 0 Å². The first-order chi connectivity index (χ1) is 7.99. The molecular formula is C11H10Cl3NO2. The summed E-state index contributed by atoms with van der Waals surface area (Å²) in [5.74, 6) is -0.856. The van der Waals surface area contributed by atoms with E-state index in [0.29, 0.717) is 11.6 Å². The molecule has 0 saturated heterocycles. The first-order valence-electron chi connectivity index (χ1n) is 4.73. The highest BCUT2D eigenvalue weighted by molar-refractivity contribution is 6.59. The Bertz CT molecular complexity index is 425. The third-order valence-electron chi connectivity index (χ3n) is 1.96. The van der Waals surface area contributed by atoms with Crippen molar-refractivity contribution in [1.82, 2.24) is 0 Å². The van der Waals surface area contributed by atoms with Gasteiger partial charge in [-0.2, -0.15) is 0 Å². The number of hydrogen-bond acceptors (Lipinski definition) is 2. The molecule has 0 aliphatic carbocycles. The number of benzene rings is 1. The molecule has 0 aliphatic heterocycles. The van der Waals surface area contributed by atoms with E-state index in [2.05, 4.69) is 5.32 Å². The van der Waals surface area contributed by atoms with E-state index in [1.165, 1.54) is 0 Å². The number of hydrogen-bond donors (Lipinski definition) is 2. The fourth-order valence-corrected chi connectivity index (χ4v) is 1.36. The molecule has 0 radical (unpaired) electrons. The summed E-state index contributed by atoms with van der Waals surface area (Å²) < 4.78 is 0.0293. The number of anilines is 1. The van der Waals surface area contributed by atoms with Gasteiger partial charge in [-0.25, -0.2) is 0 Å². The van der Waals surface area contributed by atoms with Crippen LogP contribution >= 0.6 is 34.8 Å². The summed E-state index contributed by atoms with van der Waals surface area (Å²) in [5, 5.41) is 11.9. The number of halogens is 3. The van der Waals surface area contributed by atoms with E-state index in [1.807, 2.05) is 0 Å². The summed E-state index contributed by atoms with van der Waals surface area (Å²) in [4.78, 5) is 10.5. The van der Waals surface area contributed by atoms with Crippen LogP contribution in [0.5, 0.6) is 0 Å². The minimum absolute atomic E-state index is 0.00838. The predicted octanol–water partition coefficient (Wildman–Crippen LogP) is 3.61. The average molecular weight is 295 g/mol. The molecule has 0 heterocycles. The molecule has 6 heteroatoms. The maximum absolute atomic E-state index is 10.5. The normalized spacial score (nSPS) is 9.82. The third kappa shape index (κ3) is 5.31. The third-order valence-corrected chi connectivity index (χ3v) is 2.93. The van der Waals surface area contributed by atoms with Gasteiger partial charge in [-0.05, 0) is 17.7 Å². The molecule has 17 heavy (non-hydrogen) atoms. The van der Waals surface area contributed by atoms with E-state index in [4.69, 9.17) is 39.9 Å². The molecule has 0 amide bonds. The van der Waals surface area contributed by atoms with Crippen LogP contribution in [0.3, 0.4) is 0 Å². The molecule has 0 saturated carbocycles. The molecule has 0 aromatic heterocycles. The van der Waals surface area contributed by atoms with Crippen molar-refractivity contribution in [3.63, 3.8) is 0 Å². The Balaban J connectivity index is 2.57. The molecular weight excluding hydrogens is 284 g/mol. The van der Waals surface area contributed by atoms with Gasteiger partial charge in [0.2, 0.25) is 0 Å². The molecule has 2 N–H and O–H groups in total. The molecule has 0 aliphatic rings. The molecule has 1 aromatic carbocycles. The highest BCUT2D eigenvalue weighted by atomic mass is 35.5. The van der Waals surface area contributed by atoms with Crippen LogP contribution in [0.25, 0.3) is 0 Å². The fraction of sp³-hybridized carbons (Fsp3) is 0.182. The quantitative estimate of drug-likeness (QED) is 0.872. The number of nitrogens with one attached hydrogen (secondary N) is 1. The molecule has 0 unspecified atom stereocenters. The summed E-state index contributed by atoms with van der Waals surface area (Å²) in [7, 11) is 0. The summed E-state index contributed by atoms with van der Waals surface area (Å²) in [6.07, 6.45) is 0.00838. The Hall–Kier alpha value is -0.900. The van der Waals surface area contributed by atoms with Crippen molar-refractivity contribution in [2.75, 3.05) is 11.9 Å². The van der Waals surface area contributed by atoms with Crippen molar-refractivity contribution in [3.8, 4) is 0 Å². The van der Waals surface area contributed by atoms with Gasteiger partial charge >= 0.3 is 5.97 Å². The zero-order chi connectivity index (χ0) is 12.8. The zero-order valence-electron chi connectivity index (χ0n) is 8.71. The second-order valence-electron chi connectivity index (χ2n) is 3.29. The lowest BCUT2D eigenvalue weighted by molar-refractivity contribution is -0.136. The standard InChI is InChI=1S/C11H10Cl3NO2/c12-9(11(13)14)6-15-8-3-1-7(2-4-8)5-10(16)17/h1-4,15H,5-6H2,(H,16,17). The van der Waals surface area contributed by atoms with Crippen LogP contribution in [-0.4, -0.2) is 17.6 Å². The van der Waals surface area contributed by atoms with Gasteiger partial charge in [-0.3, -0.25) is 4.79 Å². The van der Waals surface area contributed by atoms with Crippen LogP contribution in [-0.2, 0) is 11.2 Å². The topological polar surface area (TPSA) is 49.3 Å². The maximum atomic E-state index is 10.5. The van der Waals surface area contributed by atoms with Crippen LogP contribution in [0.2, 0.25) is 0 Å². The number of carboxylic acids is 1. The van der Waals surface area contributed by atoms with Crippen molar-refractivity contribution in [2.45, 2.75) is 6.42 Å². The Morgan fingerprint density at radius 2 is 1.76 bits per heavy atom. The van der Waals surface area contributed by atoms with Crippen molar-refractivity contribution in [3.05, 3.63) is 39.4 Å². The first kappa shape index (κ1) is 14.2. The Labute approximate surface area is 114 Å². The van der Waals surface area contributed by atoms with E-state index < -0.39 is 5.97 Å². The molecule has 0 spiro atoms. The first-order valence-corrected chi connectivity index (χ1v) is 5.86. The Kier molecular flexibility index (Phi) is 5.62. The molecule has 3 nitrogen and oxygen atoms in total. The van der Waals surface area contributed by atoms with Gasteiger partial charge in [0.05, 0.1) is 18.0 Å². The van der Waals surface area contributed by atoms with Gasteiger partial charge < -0.3 is 10.4 Å². The minimum atomic E-state index is -0.856. The van der Waals surface area contributed by atoms with Crippen molar-refractivity contribution in [1.29, 1.82) is 0 Å². The van der Waals surface area contributed by atoms with Crippen LogP contribution in [0.15, 0.2) is 33.8 Å². The maximum Gasteiger partial charge on any atom is 0.307 e. The number of carboxylic acid groups (broad SMARTS) is 1. The highest BCUT2D eigenvalue weighted by Crippen LogP contribution is 2.18. The molecule has 1 aromatic rings. The van der Waals surface area contributed by atoms with Crippen LogP contribution in [0, 0.1) is 0 Å². The van der Waals surface area contributed by atoms with Crippen LogP contribution in [0.4, 0.5) is 5.69 Å². The zero-order valence-corrected chi connectivity index (χ0v) is 11.0. The van der Waals surface area contributed by atoms with Gasteiger partial charge in [-0.1, -0.05) is 46.9 Å². The smallest absolute Gasteiger partial charge is 0.307 e. The largest absolute Gasteiger partial charge is 0.481 e. The Morgan fingerprint density at radius 1 is 1.18 bits per heavy atom. The number of rotatable bonds is 5. The second kappa shape index (κ2) is 6.74. The van der Waals surface area contributed by atoms with Crippen LogP contribution < -0.4 is 5.32 Å². The SMILES string of the molecule is O=C(O)Cc1ccc(NCC(Cl)=C(Cl)Cl)cc1. The lowest BCUT2D eigenvalue weighted by atomic mass is 10.1. The summed E-state index contributed by atoms with van der Waals surface area (Å²) in [6.45, 7) is 0.322. The molecule has 0 fully saturated rings. The van der Waals surface area contributed by atoms with E-state index in [9.17, 15) is 4.79 Å². The predicted molar refractivity (Wildman–Crippen MR) is 70.9 cm³/mol. The lowest BCUT2D eigenvalue weighted by Gasteiger charge is -2.06.